The van der Waals surface area contributed by atoms with Crippen molar-refractivity contribution in [3.8, 4) is 0 Å². The predicted octanol–water partition coefficient (Wildman–Crippen LogP) is 5.71. The standard InChI is InChI=1S/C25H31ClN4/c1-30(2)24-15-25(29-23-6-4-3-5-22(23)24)28-21-13-9-19(10-14-21)17-27-16-18-7-11-20(26)12-8-18/h3-8,11-12,15,19,21,27H,9-10,13-14,16-17H2,1-2H3,(H,28,29)/t19-,21+. The number of rotatable bonds is 7. The third kappa shape index (κ3) is 5.24. The molecule has 0 amide bonds. The van der Waals surface area contributed by atoms with Crippen LogP contribution < -0.4 is 15.5 Å². The second-order valence-electron chi connectivity index (χ2n) is 8.56. The van der Waals surface area contributed by atoms with E-state index in [9.17, 15) is 0 Å². The highest BCUT2D eigenvalue weighted by Crippen LogP contribution is 2.30. The molecule has 0 unspecified atom stereocenters. The first-order valence-electron chi connectivity index (χ1n) is 10.9. The quantitative estimate of drug-likeness (QED) is 0.511. The molecule has 0 spiro atoms. The number of nitrogens with zero attached hydrogens (tertiary/aromatic N) is 2. The Kier molecular flexibility index (Phi) is 6.76. The minimum absolute atomic E-state index is 0.501. The molecule has 30 heavy (non-hydrogen) atoms. The van der Waals surface area contributed by atoms with Gasteiger partial charge in [0, 0.05) is 48.8 Å². The van der Waals surface area contributed by atoms with E-state index in [1.807, 2.05) is 12.1 Å². The second-order valence-corrected chi connectivity index (χ2v) is 8.99. The lowest BCUT2D eigenvalue weighted by molar-refractivity contribution is 0.324. The topological polar surface area (TPSA) is 40.2 Å². The number of para-hydroxylation sites is 1. The first kappa shape index (κ1) is 21.0. The minimum Gasteiger partial charge on any atom is -0.377 e. The van der Waals surface area contributed by atoms with Crippen LogP contribution in [0.2, 0.25) is 5.02 Å². The van der Waals surface area contributed by atoms with E-state index in [1.165, 1.54) is 42.3 Å². The van der Waals surface area contributed by atoms with Gasteiger partial charge >= 0.3 is 0 Å². The fourth-order valence-electron chi connectivity index (χ4n) is 4.34. The predicted molar refractivity (Wildman–Crippen MR) is 129 cm³/mol. The van der Waals surface area contributed by atoms with Crippen LogP contribution in [-0.2, 0) is 6.54 Å². The highest BCUT2D eigenvalue weighted by atomic mass is 35.5. The third-order valence-corrected chi connectivity index (χ3v) is 6.30. The minimum atomic E-state index is 0.501. The summed E-state index contributed by atoms with van der Waals surface area (Å²) in [5.74, 6) is 1.74. The van der Waals surface area contributed by atoms with Gasteiger partial charge in [-0.3, -0.25) is 0 Å². The van der Waals surface area contributed by atoms with Gasteiger partial charge in [-0.1, -0.05) is 41.9 Å². The molecular formula is C25H31ClN4. The molecule has 0 saturated heterocycles. The number of hydrogen-bond donors (Lipinski definition) is 2. The molecule has 3 aromatic rings. The summed E-state index contributed by atoms with van der Waals surface area (Å²) in [7, 11) is 4.18. The van der Waals surface area contributed by atoms with Gasteiger partial charge in [0.1, 0.15) is 5.82 Å². The number of fused-ring (bicyclic) bond motifs is 1. The van der Waals surface area contributed by atoms with Crippen LogP contribution in [0.3, 0.4) is 0 Å². The van der Waals surface area contributed by atoms with Gasteiger partial charge in [-0.25, -0.2) is 4.98 Å². The molecule has 0 aliphatic heterocycles. The fraction of sp³-hybridized carbons (Fsp3) is 0.400. The van der Waals surface area contributed by atoms with E-state index in [0.717, 1.165) is 35.4 Å². The molecule has 1 heterocycles. The van der Waals surface area contributed by atoms with Crippen molar-refractivity contribution in [2.24, 2.45) is 5.92 Å². The van der Waals surface area contributed by atoms with Crippen LogP contribution in [0.5, 0.6) is 0 Å². The van der Waals surface area contributed by atoms with Crippen molar-refractivity contribution in [2.45, 2.75) is 38.3 Å². The number of benzene rings is 2. The lowest BCUT2D eigenvalue weighted by Crippen LogP contribution is -2.31. The van der Waals surface area contributed by atoms with Gasteiger partial charge in [0.05, 0.1) is 5.52 Å². The zero-order valence-corrected chi connectivity index (χ0v) is 18.6. The van der Waals surface area contributed by atoms with E-state index < -0.39 is 0 Å². The Balaban J connectivity index is 1.29. The Morgan fingerprint density at radius 1 is 1.00 bits per heavy atom. The van der Waals surface area contributed by atoms with Gasteiger partial charge in [-0.05, 0) is 61.9 Å². The molecule has 2 aromatic carbocycles. The number of hydrogen-bond acceptors (Lipinski definition) is 4. The Bertz CT molecular complexity index is 963. The molecule has 0 atom stereocenters. The van der Waals surface area contributed by atoms with Crippen molar-refractivity contribution >= 4 is 34.0 Å². The molecular weight excluding hydrogens is 392 g/mol. The summed E-state index contributed by atoms with van der Waals surface area (Å²) in [6.45, 7) is 1.98. The Labute approximate surface area is 184 Å². The highest BCUT2D eigenvalue weighted by molar-refractivity contribution is 6.30. The molecule has 4 nitrogen and oxygen atoms in total. The van der Waals surface area contributed by atoms with Gasteiger partial charge < -0.3 is 15.5 Å². The van der Waals surface area contributed by atoms with Crippen LogP contribution in [0.4, 0.5) is 11.5 Å². The maximum atomic E-state index is 5.96. The molecule has 1 fully saturated rings. The smallest absolute Gasteiger partial charge is 0.128 e. The number of pyridine rings is 1. The second kappa shape index (κ2) is 9.67. The van der Waals surface area contributed by atoms with Crippen LogP contribution in [0.1, 0.15) is 31.2 Å². The van der Waals surface area contributed by atoms with Crippen LogP contribution in [-0.4, -0.2) is 31.7 Å². The number of anilines is 2. The van der Waals surface area contributed by atoms with Crippen molar-refractivity contribution in [1.82, 2.24) is 10.3 Å². The van der Waals surface area contributed by atoms with E-state index in [0.29, 0.717) is 6.04 Å². The third-order valence-electron chi connectivity index (χ3n) is 6.05. The van der Waals surface area contributed by atoms with Crippen molar-refractivity contribution in [3.63, 3.8) is 0 Å². The molecule has 1 saturated carbocycles. The van der Waals surface area contributed by atoms with Crippen LogP contribution in [0.15, 0.2) is 54.6 Å². The molecule has 0 bridgehead atoms. The fourth-order valence-corrected chi connectivity index (χ4v) is 4.47. The SMILES string of the molecule is CN(C)c1cc(N[C@H]2CC[C@@H](CNCc3ccc(Cl)cc3)CC2)nc2ccccc12. The van der Waals surface area contributed by atoms with E-state index >= 15 is 0 Å². The van der Waals surface area contributed by atoms with Crippen molar-refractivity contribution in [1.29, 1.82) is 0 Å². The van der Waals surface area contributed by atoms with E-state index in [-0.39, 0.29) is 0 Å². The van der Waals surface area contributed by atoms with Crippen molar-refractivity contribution in [3.05, 3.63) is 65.2 Å². The number of halogens is 1. The van der Waals surface area contributed by atoms with Crippen LogP contribution in [0, 0.1) is 5.92 Å². The Hall–Kier alpha value is -2.30. The van der Waals surface area contributed by atoms with E-state index in [4.69, 9.17) is 16.6 Å². The Morgan fingerprint density at radius 2 is 1.73 bits per heavy atom. The van der Waals surface area contributed by atoms with Gasteiger partial charge in [0.2, 0.25) is 0 Å². The Morgan fingerprint density at radius 3 is 2.47 bits per heavy atom. The summed E-state index contributed by atoms with van der Waals surface area (Å²) in [6.07, 6.45) is 4.89. The largest absolute Gasteiger partial charge is 0.377 e. The van der Waals surface area contributed by atoms with Crippen LogP contribution in [0.25, 0.3) is 10.9 Å². The zero-order valence-electron chi connectivity index (χ0n) is 17.9. The van der Waals surface area contributed by atoms with E-state index in [1.54, 1.807) is 0 Å². The van der Waals surface area contributed by atoms with Crippen molar-refractivity contribution in [2.75, 3.05) is 30.9 Å². The first-order chi connectivity index (χ1) is 14.6. The van der Waals surface area contributed by atoms with Gasteiger partial charge in [0.15, 0.2) is 0 Å². The lowest BCUT2D eigenvalue weighted by atomic mass is 9.86. The van der Waals surface area contributed by atoms with Crippen LogP contribution >= 0.6 is 11.6 Å². The molecule has 4 rings (SSSR count). The highest BCUT2D eigenvalue weighted by Gasteiger charge is 2.21. The molecule has 1 aromatic heterocycles. The molecule has 1 aliphatic rings. The zero-order chi connectivity index (χ0) is 20.9. The molecule has 5 heteroatoms. The summed E-state index contributed by atoms with van der Waals surface area (Å²) in [5, 5.41) is 9.31. The first-order valence-corrected chi connectivity index (χ1v) is 11.2. The molecule has 1 aliphatic carbocycles. The normalized spacial score (nSPS) is 19.0. The van der Waals surface area contributed by atoms with Gasteiger partial charge in [-0.15, -0.1) is 0 Å². The molecule has 158 valence electrons. The average molecular weight is 423 g/mol. The van der Waals surface area contributed by atoms with E-state index in [2.05, 4.69) is 72.1 Å². The summed E-state index contributed by atoms with van der Waals surface area (Å²) in [5.41, 5.74) is 3.54. The lowest BCUT2D eigenvalue weighted by Gasteiger charge is -2.30. The van der Waals surface area contributed by atoms with Crippen molar-refractivity contribution < 1.29 is 0 Å². The molecule has 2 N–H and O–H groups in total. The summed E-state index contributed by atoms with van der Waals surface area (Å²) >= 11 is 5.96. The monoisotopic (exact) mass is 422 g/mol. The molecule has 0 radical (unpaired) electrons. The maximum absolute atomic E-state index is 5.96. The van der Waals surface area contributed by atoms with Gasteiger partial charge in [-0.2, -0.15) is 0 Å². The average Bonchev–Trinajstić information content (AvgIpc) is 2.76. The van der Waals surface area contributed by atoms with Gasteiger partial charge in [0.25, 0.3) is 0 Å². The maximum Gasteiger partial charge on any atom is 0.128 e. The number of aromatic nitrogens is 1. The summed E-state index contributed by atoms with van der Waals surface area (Å²) < 4.78 is 0. The number of nitrogens with one attached hydrogen (secondary N) is 2. The summed E-state index contributed by atoms with van der Waals surface area (Å²) in [4.78, 5) is 7.03. The summed E-state index contributed by atoms with van der Waals surface area (Å²) in [6, 6.07) is 19.1.